The molecule has 20 heavy (non-hydrogen) atoms. The number of hydrogen-bond acceptors (Lipinski definition) is 2. The molecule has 0 aromatic heterocycles. The van der Waals surface area contributed by atoms with E-state index < -0.39 is 0 Å². The number of para-hydroxylation sites is 2. The Morgan fingerprint density at radius 3 is 2.40 bits per heavy atom. The molecule has 0 unspecified atom stereocenters. The van der Waals surface area contributed by atoms with Crippen molar-refractivity contribution in [2.75, 3.05) is 18.0 Å². The number of phenolic OH excluding ortho intramolecular Hbond substituents is 1. The second-order valence-corrected chi connectivity index (χ2v) is 5.71. The molecule has 0 atom stereocenters. The van der Waals surface area contributed by atoms with E-state index in [2.05, 4.69) is 4.90 Å². The second kappa shape index (κ2) is 5.37. The largest absolute Gasteiger partial charge is 0.507 e. The van der Waals surface area contributed by atoms with Crippen LogP contribution in [0.1, 0.15) is 18.4 Å². The van der Waals surface area contributed by atoms with Crippen molar-refractivity contribution in [3.63, 3.8) is 0 Å². The molecule has 2 aromatic rings. The van der Waals surface area contributed by atoms with Gasteiger partial charge in [-0.3, -0.25) is 0 Å². The van der Waals surface area contributed by atoms with Gasteiger partial charge in [-0.2, -0.15) is 0 Å². The van der Waals surface area contributed by atoms with Crippen molar-refractivity contribution in [2.45, 2.75) is 19.8 Å². The minimum atomic E-state index is 0.343. The summed E-state index contributed by atoms with van der Waals surface area (Å²) in [5.41, 5.74) is 3.80. The summed E-state index contributed by atoms with van der Waals surface area (Å²) in [6.07, 6.45) is 2.40. The molecule has 3 heteroatoms. The summed E-state index contributed by atoms with van der Waals surface area (Å²) in [4.78, 5) is 2.32. The Balaban J connectivity index is 2.18. The van der Waals surface area contributed by atoms with Gasteiger partial charge in [-0.25, -0.2) is 0 Å². The third kappa shape index (κ3) is 2.25. The summed E-state index contributed by atoms with van der Waals surface area (Å²) in [5.74, 6) is 0.343. The molecule has 0 amide bonds. The Kier molecular flexibility index (Phi) is 3.58. The quantitative estimate of drug-likeness (QED) is 0.871. The minimum Gasteiger partial charge on any atom is -0.507 e. The Hall–Kier alpha value is -1.67. The highest BCUT2D eigenvalue weighted by Gasteiger charge is 2.20. The lowest BCUT2D eigenvalue weighted by Gasteiger charge is -2.23. The molecule has 0 spiro atoms. The normalized spacial score (nSPS) is 14.8. The number of nitrogens with zero attached hydrogens (tertiary/aromatic N) is 1. The van der Waals surface area contributed by atoms with Gasteiger partial charge in [0.1, 0.15) is 5.75 Å². The lowest BCUT2D eigenvalue weighted by atomic mass is 9.99. The number of anilines is 1. The summed E-state index contributed by atoms with van der Waals surface area (Å²) in [6, 6.07) is 11.7. The van der Waals surface area contributed by atoms with Gasteiger partial charge in [-0.1, -0.05) is 41.9 Å². The lowest BCUT2D eigenvalue weighted by molar-refractivity contribution is 0.473. The Labute approximate surface area is 124 Å². The van der Waals surface area contributed by atoms with Crippen molar-refractivity contribution in [3.8, 4) is 16.9 Å². The number of aryl methyl sites for hydroxylation is 1. The highest BCUT2D eigenvalue weighted by atomic mass is 35.5. The molecule has 1 saturated heterocycles. The van der Waals surface area contributed by atoms with Gasteiger partial charge in [0.25, 0.3) is 0 Å². The van der Waals surface area contributed by atoms with Crippen molar-refractivity contribution in [1.29, 1.82) is 0 Å². The summed E-state index contributed by atoms with van der Waals surface area (Å²) in [6.45, 7) is 3.98. The predicted octanol–water partition coefficient (Wildman–Crippen LogP) is 4.62. The Morgan fingerprint density at radius 2 is 1.65 bits per heavy atom. The summed E-state index contributed by atoms with van der Waals surface area (Å²) < 4.78 is 0. The molecule has 104 valence electrons. The van der Waals surface area contributed by atoms with Crippen molar-refractivity contribution in [3.05, 3.63) is 47.0 Å². The second-order valence-electron chi connectivity index (χ2n) is 5.30. The SMILES string of the molecule is Cc1cccc(-c2cccc(Cl)c2N2CCCC2)c1O. The Bertz CT molecular complexity index is 633. The maximum atomic E-state index is 10.3. The van der Waals surface area contributed by atoms with Gasteiger partial charge >= 0.3 is 0 Å². The van der Waals surface area contributed by atoms with Gasteiger partial charge in [0.2, 0.25) is 0 Å². The van der Waals surface area contributed by atoms with Crippen molar-refractivity contribution >= 4 is 17.3 Å². The standard InChI is InChI=1S/C17H18ClNO/c1-12-6-4-8-14(17(12)20)13-7-5-9-15(18)16(13)19-10-2-3-11-19/h4-9,20H,2-3,10-11H2,1H3. The van der Waals surface area contributed by atoms with Gasteiger partial charge in [-0.05, 0) is 31.4 Å². The van der Waals surface area contributed by atoms with Crippen LogP contribution in [0.4, 0.5) is 5.69 Å². The van der Waals surface area contributed by atoms with Crippen LogP contribution in [0.15, 0.2) is 36.4 Å². The van der Waals surface area contributed by atoms with Crippen molar-refractivity contribution in [2.24, 2.45) is 0 Å². The fourth-order valence-corrected chi connectivity index (χ4v) is 3.17. The number of phenols is 1. The highest BCUT2D eigenvalue weighted by molar-refractivity contribution is 6.34. The van der Waals surface area contributed by atoms with E-state index in [0.29, 0.717) is 5.75 Å². The summed E-state index contributed by atoms with van der Waals surface area (Å²) >= 11 is 6.43. The van der Waals surface area contributed by atoms with Crippen LogP contribution in [0.2, 0.25) is 5.02 Å². The lowest BCUT2D eigenvalue weighted by Crippen LogP contribution is -2.18. The number of benzene rings is 2. The van der Waals surface area contributed by atoms with Gasteiger partial charge < -0.3 is 10.0 Å². The van der Waals surface area contributed by atoms with Crippen LogP contribution in [-0.4, -0.2) is 18.2 Å². The maximum Gasteiger partial charge on any atom is 0.126 e. The first-order chi connectivity index (χ1) is 9.68. The zero-order valence-corrected chi connectivity index (χ0v) is 12.3. The molecule has 1 aliphatic rings. The molecule has 0 saturated carbocycles. The molecule has 1 heterocycles. The zero-order valence-electron chi connectivity index (χ0n) is 11.6. The van der Waals surface area contributed by atoms with Crippen LogP contribution in [0, 0.1) is 6.92 Å². The minimum absolute atomic E-state index is 0.343. The molecular formula is C17H18ClNO. The molecular weight excluding hydrogens is 270 g/mol. The molecule has 0 radical (unpaired) electrons. The summed E-state index contributed by atoms with van der Waals surface area (Å²) in [7, 11) is 0. The summed E-state index contributed by atoms with van der Waals surface area (Å²) in [5, 5.41) is 11.1. The van der Waals surface area contributed by atoms with E-state index in [-0.39, 0.29) is 0 Å². The topological polar surface area (TPSA) is 23.5 Å². The first-order valence-electron chi connectivity index (χ1n) is 7.01. The number of rotatable bonds is 2. The molecule has 0 bridgehead atoms. The first kappa shape index (κ1) is 13.3. The molecule has 2 aromatic carbocycles. The third-order valence-corrected chi connectivity index (χ3v) is 4.24. The monoisotopic (exact) mass is 287 g/mol. The van der Waals surface area contributed by atoms with Crippen LogP contribution < -0.4 is 4.90 Å². The van der Waals surface area contributed by atoms with Crippen molar-refractivity contribution < 1.29 is 5.11 Å². The van der Waals surface area contributed by atoms with E-state index in [0.717, 1.165) is 40.5 Å². The molecule has 2 nitrogen and oxygen atoms in total. The third-order valence-electron chi connectivity index (χ3n) is 3.94. The highest BCUT2D eigenvalue weighted by Crippen LogP contribution is 2.42. The van der Waals surface area contributed by atoms with Crippen LogP contribution in [-0.2, 0) is 0 Å². The van der Waals surface area contributed by atoms with E-state index in [1.165, 1.54) is 12.8 Å². The van der Waals surface area contributed by atoms with Gasteiger partial charge in [-0.15, -0.1) is 0 Å². The van der Waals surface area contributed by atoms with Crippen molar-refractivity contribution in [1.82, 2.24) is 0 Å². The molecule has 1 fully saturated rings. The van der Waals surface area contributed by atoms with Gasteiger partial charge in [0.15, 0.2) is 0 Å². The Morgan fingerprint density at radius 1 is 1.00 bits per heavy atom. The molecule has 1 aliphatic heterocycles. The van der Waals surface area contributed by atoms with E-state index >= 15 is 0 Å². The fourth-order valence-electron chi connectivity index (χ4n) is 2.87. The van der Waals surface area contributed by atoms with Gasteiger partial charge in [0, 0.05) is 24.2 Å². The molecule has 1 N–H and O–H groups in total. The predicted molar refractivity (Wildman–Crippen MR) is 84.7 cm³/mol. The van der Waals surface area contributed by atoms with E-state index in [9.17, 15) is 5.11 Å². The average molecular weight is 288 g/mol. The van der Waals surface area contributed by atoms with Crippen LogP contribution in [0.5, 0.6) is 5.75 Å². The first-order valence-corrected chi connectivity index (χ1v) is 7.38. The van der Waals surface area contributed by atoms with Crippen LogP contribution in [0.3, 0.4) is 0 Å². The number of aromatic hydroxyl groups is 1. The number of halogens is 1. The number of hydrogen-bond donors (Lipinski definition) is 1. The van der Waals surface area contributed by atoms with Crippen LogP contribution in [0.25, 0.3) is 11.1 Å². The van der Waals surface area contributed by atoms with E-state index in [1.54, 1.807) is 0 Å². The zero-order chi connectivity index (χ0) is 14.1. The fraction of sp³-hybridized carbons (Fsp3) is 0.294. The van der Waals surface area contributed by atoms with Gasteiger partial charge in [0.05, 0.1) is 10.7 Å². The smallest absolute Gasteiger partial charge is 0.126 e. The van der Waals surface area contributed by atoms with E-state index in [1.807, 2.05) is 43.3 Å². The van der Waals surface area contributed by atoms with Crippen LogP contribution >= 0.6 is 11.6 Å². The molecule has 0 aliphatic carbocycles. The molecule has 3 rings (SSSR count). The average Bonchev–Trinajstić information content (AvgIpc) is 2.95. The maximum absolute atomic E-state index is 10.3. The van der Waals surface area contributed by atoms with E-state index in [4.69, 9.17) is 11.6 Å².